The molecule has 1 aliphatic rings. The van der Waals surface area contributed by atoms with Crippen LogP contribution in [0.25, 0.3) is 0 Å². The minimum Gasteiger partial charge on any atom is -0.380 e. The molecule has 0 radical (unpaired) electrons. The van der Waals surface area contributed by atoms with Crippen LogP contribution in [-0.2, 0) is 4.74 Å². The van der Waals surface area contributed by atoms with E-state index in [2.05, 4.69) is 11.8 Å². The van der Waals surface area contributed by atoms with Gasteiger partial charge in [-0.3, -0.25) is 4.90 Å². The summed E-state index contributed by atoms with van der Waals surface area (Å²) in [5.41, 5.74) is 5.67. The van der Waals surface area contributed by atoms with Crippen molar-refractivity contribution >= 4 is 0 Å². The Kier molecular flexibility index (Phi) is 10.4. The van der Waals surface area contributed by atoms with Gasteiger partial charge in [0.1, 0.15) is 0 Å². The van der Waals surface area contributed by atoms with Gasteiger partial charge in [0.2, 0.25) is 0 Å². The zero-order chi connectivity index (χ0) is 13.8. The lowest BCUT2D eigenvalue weighted by Gasteiger charge is -2.31. The Hall–Kier alpha value is -0.120. The van der Waals surface area contributed by atoms with Gasteiger partial charge in [0.05, 0.1) is 6.61 Å². The van der Waals surface area contributed by atoms with Gasteiger partial charge in [0, 0.05) is 19.2 Å². The van der Waals surface area contributed by atoms with Crippen LogP contribution in [0.15, 0.2) is 0 Å². The molecule has 1 aliphatic carbocycles. The molecule has 0 unspecified atom stereocenters. The highest BCUT2D eigenvalue weighted by Gasteiger charge is 2.19. The van der Waals surface area contributed by atoms with Gasteiger partial charge in [0.25, 0.3) is 0 Å². The number of rotatable bonds is 10. The molecule has 19 heavy (non-hydrogen) atoms. The molecule has 0 atom stereocenters. The molecule has 0 amide bonds. The normalized spacial score (nSPS) is 17.8. The summed E-state index contributed by atoms with van der Waals surface area (Å²) < 4.78 is 5.73. The van der Waals surface area contributed by atoms with Crippen molar-refractivity contribution in [1.82, 2.24) is 4.90 Å². The van der Waals surface area contributed by atoms with Crippen LogP contribution in [0.2, 0.25) is 0 Å². The Labute approximate surface area is 119 Å². The highest BCUT2D eigenvalue weighted by Crippen LogP contribution is 2.21. The van der Waals surface area contributed by atoms with Crippen LogP contribution in [0.5, 0.6) is 0 Å². The minimum absolute atomic E-state index is 0.781. The molecule has 114 valence electrons. The van der Waals surface area contributed by atoms with Gasteiger partial charge in [-0.1, -0.05) is 39.0 Å². The van der Waals surface area contributed by atoms with Crippen molar-refractivity contribution in [2.75, 3.05) is 32.8 Å². The average Bonchev–Trinajstić information content (AvgIpc) is 2.71. The molecule has 0 bridgehead atoms. The van der Waals surface area contributed by atoms with Crippen LogP contribution < -0.4 is 5.73 Å². The fraction of sp³-hybridized carbons (Fsp3) is 1.00. The number of nitrogens with zero attached hydrogens (tertiary/aromatic N) is 1. The molecule has 1 rings (SSSR count). The van der Waals surface area contributed by atoms with E-state index < -0.39 is 0 Å². The third-order valence-corrected chi connectivity index (χ3v) is 4.16. The first-order chi connectivity index (χ1) is 9.38. The van der Waals surface area contributed by atoms with Crippen LogP contribution >= 0.6 is 0 Å². The van der Waals surface area contributed by atoms with Crippen LogP contribution in [0.4, 0.5) is 0 Å². The summed E-state index contributed by atoms with van der Waals surface area (Å²) in [6.45, 7) is 7.07. The molecule has 0 aromatic heterocycles. The lowest BCUT2D eigenvalue weighted by molar-refractivity contribution is 0.0804. The van der Waals surface area contributed by atoms with Crippen LogP contribution in [0.3, 0.4) is 0 Å². The largest absolute Gasteiger partial charge is 0.380 e. The van der Waals surface area contributed by atoms with E-state index in [-0.39, 0.29) is 0 Å². The Balaban J connectivity index is 2.27. The monoisotopic (exact) mass is 270 g/mol. The SMILES string of the molecule is CCCCOCCN(CCCN)C1CCCCCC1. The molecular formula is C16H34N2O. The van der Waals surface area contributed by atoms with E-state index in [1.165, 1.54) is 51.4 Å². The molecule has 2 N–H and O–H groups in total. The molecule has 3 heteroatoms. The third kappa shape index (κ3) is 7.91. The quantitative estimate of drug-likeness (QED) is 0.489. The molecule has 1 saturated carbocycles. The van der Waals surface area contributed by atoms with E-state index in [9.17, 15) is 0 Å². The van der Waals surface area contributed by atoms with Gasteiger partial charge in [-0.15, -0.1) is 0 Å². The molecule has 0 heterocycles. The fourth-order valence-electron chi connectivity index (χ4n) is 2.92. The summed E-state index contributed by atoms with van der Waals surface area (Å²) in [7, 11) is 0. The molecule has 1 fully saturated rings. The molecule has 0 aliphatic heterocycles. The second-order valence-electron chi connectivity index (χ2n) is 5.79. The number of nitrogens with two attached hydrogens (primary N) is 1. The Morgan fingerprint density at radius 3 is 2.37 bits per heavy atom. The van der Waals surface area contributed by atoms with E-state index in [0.29, 0.717) is 0 Å². The average molecular weight is 270 g/mol. The fourth-order valence-corrected chi connectivity index (χ4v) is 2.92. The van der Waals surface area contributed by atoms with Crippen molar-refractivity contribution in [2.45, 2.75) is 70.8 Å². The van der Waals surface area contributed by atoms with Gasteiger partial charge in [-0.25, -0.2) is 0 Å². The summed E-state index contributed by atoms with van der Waals surface area (Å²) in [4.78, 5) is 2.64. The van der Waals surface area contributed by atoms with Gasteiger partial charge >= 0.3 is 0 Å². The second kappa shape index (κ2) is 11.7. The van der Waals surface area contributed by atoms with Crippen molar-refractivity contribution < 1.29 is 4.74 Å². The Morgan fingerprint density at radius 1 is 1.00 bits per heavy atom. The number of hydrogen-bond donors (Lipinski definition) is 1. The predicted octanol–water partition coefficient (Wildman–Crippen LogP) is 3.18. The van der Waals surface area contributed by atoms with Crippen molar-refractivity contribution in [3.8, 4) is 0 Å². The van der Waals surface area contributed by atoms with E-state index in [1.54, 1.807) is 0 Å². The van der Waals surface area contributed by atoms with Crippen LogP contribution in [-0.4, -0.2) is 43.8 Å². The molecule has 0 saturated heterocycles. The molecule has 3 nitrogen and oxygen atoms in total. The number of unbranched alkanes of at least 4 members (excludes halogenated alkanes) is 1. The smallest absolute Gasteiger partial charge is 0.0593 e. The topological polar surface area (TPSA) is 38.5 Å². The van der Waals surface area contributed by atoms with Gasteiger partial charge in [-0.05, 0) is 38.8 Å². The van der Waals surface area contributed by atoms with E-state index in [0.717, 1.165) is 45.3 Å². The van der Waals surface area contributed by atoms with Gasteiger partial charge in [-0.2, -0.15) is 0 Å². The zero-order valence-corrected chi connectivity index (χ0v) is 12.9. The number of ether oxygens (including phenoxy) is 1. The third-order valence-electron chi connectivity index (χ3n) is 4.16. The summed E-state index contributed by atoms with van der Waals surface area (Å²) >= 11 is 0. The maximum Gasteiger partial charge on any atom is 0.0593 e. The van der Waals surface area contributed by atoms with Crippen molar-refractivity contribution in [3.63, 3.8) is 0 Å². The standard InChI is InChI=1S/C16H34N2O/c1-2-3-14-19-15-13-18(12-8-11-17)16-9-6-4-5-7-10-16/h16H,2-15,17H2,1H3. The first kappa shape index (κ1) is 16.9. The van der Waals surface area contributed by atoms with Gasteiger partial charge in [0.15, 0.2) is 0 Å². The molecular weight excluding hydrogens is 236 g/mol. The highest BCUT2D eigenvalue weighted by molar-refractivity contribution is 4.75. The molecule has 0 aromatic rings. The Bertz CT molecular complexity index is 191. The lowest BCUT2D eigenvalue weighted by atomic mass is 10.1. The highest BCUT2D eigenvalue weighted by atomic mass is 16.5. The summed E-state index contributed by atoms with van der Waals surface area (Å²) in [5, 5.41) is 0. The first-order valence-electron chi connectivity index (χ1n) is 8.40. The summed E-state index contributed by atoms with van der Waals surface area (Å²) in [6.07, 6.45) is 11.9. The van der Waals surface area contributed by atoms with Crippen LogP contribution in [0, 0.1) is 0 Å². The van der Waals surface area contributed by atoms with E-state index in [1.807, 2.05) is 0 Å². The Morgan fingerprint density at radius 2 is 1.74 bits per heavy atom. The molecule has 0 aromatic carbocycles. The minimum atomic E-state index is 0.781. The maximum absolute atomic E-state index is 5.73. The van der Waals surface area contributed by atoms with Crippen LogP contribution in [0.1, 0.15) is 64.7 Å². The lowest BCUT2D eigenvalue weighted by Crippen LogP contribution is -2.39. The first-order valence-corrected chi connectivity index (χ1v) is 8.40. The number of hydrogen-bond acceptors (Lipinski definition) is 3. The van der Waals surface area contributed by atoms with Crippen molar-refractivity contribution in [3.05, 3.63) is 0 Å². The van der Waals surface area contributed by atoms with Crippen molar-refractivity contribution in [1.29, 1.82) is 0 Å². The summed E-state index contributed by atoms with van der Waals surface area (Å²) in [5.74, 6) is 0. The van der Waals surface area contributed by atoms with E-state index >= 15 is 0 Å². The second-order valence-corrected chi connectivity index (χ2v) is 5.79. The van der Waals surface area contributed by atoms with E-state index in [4.69, 9.17) is 10.5 Å². The maximum atomic E-state index is 5.73. The zero-order valence-electron chi connectivity index (χ0n) is 12.9. The molecule has 0 spiro atoms. The summed E-state index contributed by atoms with van der Waals surface area (Å²) in [6, 6.07) is 0.781. The van der Waals surface area contributed by atoms with Gasteiger partial charge < -0.3 is 10.5 Å². The predicted molar refractivity (Wildman–Crippen MR) is 82.5 cm³/mol. The van der Waals surface area contributed by atoms with Crippen molar-refractivity contribution in [2.24, 2.45) is 5.73 Å².